The van der Waals surface area contributed by atoms with Gasteiger partial charge in [0.15, 0.2) is 6.29 Å². The lowest BCUT2D eigenvalue weighted by molar-refractivity contribution is 0.580. The van der Waals surface area contributed by atoms with Crippen LogP contribution in [0.25, 0.3) is 0 Å². The Morgan fingerprint density at radius 2 is 1.93 bits per heavy atom. The summed E-state index contributed by atoms with van der Waals surface area (Å²) in [4.78, 5) is 4.59. The molecule has 2 N–H and O–H groups in total. The van der Waals surface area contributed by atoms with E-state index in [2.05, 4.69) is 41.6 Å². The molecule has 0 unspecified atom stereocenters. The average Bonchev–Trinajstić information content (AvgIpc) is 2.64. The van der Waals surface area contributed by atoms with Gasteiger partial charge in [0.2, 0.25) is 0 Å². The molecule has 0 aromatic rings. The van der Waals surface area contributed by atoms with Crippen LogP contribution in [0.3, 0.4) is 0 Å². The molecule has 14 heavy (non-hydrogen) atoms. The Morgan fingerprint density at radius 3 is 2.57 bits per heavy atom. The van der Waals surface area contributed by atoms with Crippen LogP contribution in [0.5, 0.6) is 0 Å². The fraction of sp³-hybridized carbons (Fsp3) is 0.545. The minimum atomic E-state index is 0.126. The summed E-state index contributed by atoms with van der Waals surface area (Å²) in [6, 6.07) is 0. The molecule has 0 aromatic heterocycles. The summed E-state index contributed by atoms with van der Waals surface area (Å²) in [5, 5.41) is 6.56. The van der Waals surface area contributed by atoms with Crippen molar-refractivity contribution in [2.75, 3.05) is 13.1 Å². The first kappa shape index (κ1) is 9.62. The molecule has 2 aliphatic rings. The molecule has 0 amide bonds. The van der Waals surface area contributed by atoms with Crippen LogP contribution in [0.15, 0.2) is 28.3 Å². The van der Waals surface area contributed by atoms with Gasteiger partial charge in [0.05, 0.1) is 0 Å². The van der Waals surface area contributed by atoms with E-state index >= 15 is 0 Å². The summed E-state index contributed by atoms with van der Waals surface area (Å²) in [6.45, 7) is 6.31. The van der Waals surface area contributed by atoms with E-state index in [4.69, 9.17) is 0 Å². The number of hydrogen-bond acceptors (Lipinski definition) is 3. The van der Waals surface area contributed by atoms with Gasteiger partial charge in [0.1, 0.15) is 0 Å². The minimum absolute atomic E-state index is 0.126. The standard InChI is InChI=1S/C11H17N3/c1-8-3-4-10(7-9(8)2)14-11-12-5-6-13-11/h3,7,11-13H,4-6H2,1-2H3/b14-10+. The zero-order valence-corrected chi connectivity index (χ0v) is 8.80. The second-order valence-corrected chi connectivity index (χ2v) is 3.85. The molecule has 0 saturated carbocycles. The highest BCUT2D eigenvalue weighted by Gasteiger charge is 2.12. The molecule has 1 heterocycles. The second kappa shape index (κ2) is 4.07. The van der Waals surface area contributed by atoms with E-state index in [1.165, 1.54) is 16.9 Å². The number of hydrogen-bond donors (Lipinski definition) is 2. The average molecular weight is 191 g/mol. The van der Waals surface area contributed by atoms with Gasteiger partial charge in [-0.25, -0.2) is 0 Å². The van der Waals surface area contributed by atoms with Gasteiger partial charge in [-0.1, -0.05) is 11.6 Å². The Balaban J connectivity index is 2.06. The van der Waals surface area contributed by atoms with Gasteiger partial charge in [-0.05, 0) is 25.5 Å². The fourth-order valence-electron chi connectivity index (χ4n) is 1.68. The molecule has 0 aromatic carbocycles. The van der Waals surface area contributed by atoms with E-state index in [9.17, 15) is 0 Å². The molecule has 0 radical (unpaired) electrons. The van der Waals surface area contributed by atoms with Gasteiger partial charge in [-0.15, -0.1) is 0 Å². The van der Waals surface area contributed by atoms with Crippen molar-refractivity contribution in [3.63, 3.8) is 0 Å². The molecule has 1 fully saturated rings. The Morgan fingerprint density at radius 1 is 1.21 bits per heavy atom. The van der Waals surface area contributed by atoms with Crippen molar-refractivity contribution in [1.82, 2.24) is 10.6 Å². The number of nitrogens with one attached hydrogen (secondary N) is 2. The predicted octanol–water partition coefficient (Wildman–Crippen LogP) is 1.20. The Labute approximate surface area is 85.0 Å². The molecule has 76 valence electrons. The molecule has 1 aliphatic carbocycles. The van der Waals surface area contributed by atoms with Crippen LogP contribution in [0.2, 0.25) is 0 Å². The van der Waals surface area contributed by atoms with Crippen molar-refractivity contribution in [1.29, 1.82) is 0 Å². The highest BCUT2D eigenvalue weighted by molar-refractivity contribution is 5.98. The van der Waals surface area contributed by atoms with Crippen LogP contribution in [0, 0.1) is 0 Å². The van der Waals surface area contributed by atoms with Gasteiger partial charge >= 0.3 is 0 Å². The highest BCUT2D eigenvalue weighted by atomic mass is 15.3. The third kappa shape index (κ3) is 2.11. The minimum Gasteiger partial charge on any atom is -0.282 e. The van der Waals surface area contributed by atoms with E-state index in [0.29, 0.717) is 0 Å². The van der Waals surface area contributed by atoms with E-state index < -0.39 is 0 Å². The quantitative estimate of drug-likeness (QED) is 0.653. The van der Waals surface area contributed by atoms with Crippen LogP contribution in [0.1, 0.15) is 20.3 Å². The van der Waals surface area contributed by atoms with Gasteiger partial charge in [0, 0.05) is 25.2 Å². The van der Waals surface area contributed by atoms with E-state index in [0.717, 1.165) is 19.5 Å². The fourth-order valence-corrected chi connectivity index (χ4v) is 1.68. The molecule has 1 saturated heterocycles. The van der Waals surface area contributed by atoms with Crippen molar-refractivity contribution in [3.8, 4) is 0 Å². The third-order valence-corrected chi connectivity index (χ3v) is 2.72. The maximum absolute atomic E-state index is 4.59. The highest BCUT2D eigenvalue weighted by Crippen LogP contribution is 2.16. The molecule has 0 spiro atoms. The summed E-state index contributed by atoms with van der Waals surface area (Å²) >= 11 is 0. The number of allylic oxidation sites excluding steroid dienone is 4. The van der Waals surface area contributed by atoms with E-state index in [1.807, 2.05) is 0 Å². The molecule has 3 heteroatoms. The Kier molecular flexibility index (Phi) is 2.79. The second-order valence-electron chi connectivity index (χ2n) is 3.85. The lowest BCUT2D eigenvalue weighted by atomic mass is 9.99. The maximum Gasteiger partial charge on any atom is 0.153 e. The zero-order valence-electron chi connectivity index (χ0n) is 8.80. The Hall–Kier alpha value is -0.930. The molecular formula is C11H17N3. The van der Waals surface area contributed by atoms with Crippen molar-refractivity contribution in [2.45, 2.75) is 26.6 Å². The van der Waals surface area contributed by atoms with Gasteiger partial charge < -0.3 is 0 Å². The van der Waals surface area contributed by atoms with E-state index in [1.54, 1.807) is 0 Å². The topological polar surface area (TPSA) is 36.4 Å². The SMILES string of the molecule is CC1=CC/C(=N\C2NCCN2)C=C1C. The first-order valence-electron chi connectivity index (χ1n) is 5.14. The van der Waals surface area contributed by atoms with Gasteiger partial charge in [-0.2, -0.15) is 0 Å². The molecule has 3 nitrogen and oxygen atoms in total. The van der Waals surface area contributed by atoms with Crippen molar-refractivity contribution < 1.29 is 0 Å². The van der Waals surface area contributed by atoms with Crippen LogP contribution >= 0.6 is 0 Å². The summed E-state index contributed by atoms with van der Waals surface area (Å²) in [7, 11) is 0. The predicted molar refractivity (Wildman–Crippen MR) is 59.4 cm³/mol. The first-order chi connectivity index (χ1) is 6.75. The summed E-state index contributed by atoms with van der Waals surface area (Å²) in [5.74, 6) is 0. The monoisotopic (exact) mass is 191 g/mol. The lowest BCUT2D eigenvalue weighted by Crippen LogP contribution is -2.29. The molecule has 2 rings (SSSR count). The molecule has 0 bridgehead atoms. The molecule has 0 atom stereocenters. The largest absolute Gasteiger partial charge is 0.282 e. The number of rotatable bonds is 1. The normalized spacial score (nSPS) is 26.6. The Bertz CT molecular complexity index is 306. The van der Waals surface area contributed by atoms with E-state index in [-0.39, 0.29) is 6.29 Å². The molecular weight excluding hydrogens is 174 g/mol. The third-order valence-electron chi connectivity index (χ3n) is 2.72. The van der Waals surface area contributed by atoms with Crippen molar-refractivity contribution in [3.05, 3.63) is 23.3 Å². The van der Waals surface area contributed by atoms with Gasteiger partial charge in [0.25, 0.3) is 0 Å². The van der Waals surface area contributed by atoms with Crippen molar-refractivity contribution in [2.24, 2.45) is 4.99 Å². The van der Waals surface area contributed by atoms with Crippen molar-refractivity contribution >= 4 is 5.71 Å². The van der Waals surface area contributed by atoms with Crippen LogP contribution in [-0.2, 0) is 0 Å². The summed E-state index contributed by atoms with van der Waals surface area (Å²) < 4.78 is 0. The summed E-state index contributed by atoms with van der Waals surface area (Å²) in [5.41, 5.74) is 3.87. The van der Waals surface area contributed by atoms with Crippen LogP contribution in [0.4, 0.5) is 0 Å². The molecule has 1 aliphatic heterocycles. The zero-order chi connectivity index (χ0) is 9.97. The lowest BCUT2D eigenvalue weighted by Gasteiger charge is -2.12. The summed E-state index contributed by atoms with van der Waals surface area (Å²) in [6.07, 6.45) is 5.50. The number of nitrogens with zero attached hydrogens (tertiary/aromatic N) is 1. The van der Waals surface area contributed by atoms with Crippen LogP contribution < -0.4 is 10.6 Å². The maximum atomic E-state index is 4.59. The smallest absolute Gasteiger partial charge is 0.153 e. The first-order valence-corrected chi connectivity index (χ1v) is 5.14. The van der Waals surface area contributed by atoms with Crippen LogP contribution in [-0.4, -0.2) is 25.1 Å². The van der Waals surface area contributed by atoms with Gasteiger partial charge in [-0.3, -0.25) is 15.6 Å². The number of aliphatic imine (C=N–C) groups is 1.